The van der Waals surface area contributed by atoms with E-state index < -0.39 is 6.04 Å². The third-order valence-corrected chi connectivity index (χ3v) is 13.1. The van der Waals surface area contributed by atoms with E-state index in [9.17, 15) is 14.4 Å². The fourth-order valence-electron chi connectivity index (χ4n) is 9.38. The summed E-state index contributed by atoms with van der Waals surface area (Å²) in [5.41, 5.74) is 0. The van der Waals surface area contributed by atoms with Gasteiger partial charge in [0.2, 0.25) is 11.8 Å². The molecule has 2 atom stereocenters. The number of ether oxygens (including phenoxy) is 1. The van der Waals surface area contributed by atoms with Crippen LogP contribution in [-0.4, -0.2) is 72.0 Å². The summed E-state index contributed by atoms with van der Waals surface area (Å²) >= 11 is 0. The number of esters is 1. The molecule has 0 aromatic carbocycles. The van der Waals surface area contributed by atoms with Crippen LogP contribution in [0.15, 0.2) is 0 Å². The van der Waals surface area contributed by atoms with E-state index in [2.05, 4.69) is 42.8 Å². The summed E-state index contributed by atoms with van der Waals surface area (Å²) in [5, 5.41) is 3.54. The van der Waals surface area contributed by atoms with Crippen molar-refractivity contribution in [2.24, 2.45) is 5.92 Å². The predicted molar refractivity (Wildman–Crippen MR) is 237 cm³/mol. The minimum absolute atomic E-state index is 0.0127. The third kappa shape index (κ3) is 23.1. The molecule has 1 saturated carbocycles. The SMILES string of the molecule is CCCCCCCCCCCCOC(=O)CCC(=O)N(C(CCCCCCC)CCCCCCCCC)C(C(=O)NC1CCCCCC1)C1CCN(CC)CC1. The van der Waals surface area contributed by atoms with Crippen LogP contribution in [0.4, 0.5) is 0 Å². The fourth-order valence-corrected chi connectivity index (χ4v) is 9.38. The van der Waals surface area contributed by atoms with Crippen LogP contribution in [0, 0.1) is 5.92 Å². The number of unbranched alkanes of at least 4 members (excludes halogenated alkanes) is 19. The van der Waals surface area contributed by atoms with E-state index in [0.717, 1.165) is 96.7 Å². The Morgan fingerprint density at radius 1 is 0.589 bits per heavy atom. The molecule has 56 heavy (non-hydrogen) atoms. The minimum atomic E-state index is -0.474. The molecule has 0 aromatic heterocycles. The predicted octanol–water partition coefficient (Wildman–Crippen LogP) is 12.9. The molecule has 0 radical (unpaired) electrons. The molecule has 0 aromatic rings. The van der Waals surface area contributed by atoms with Gasteiger partial charge in [-0.1, -0.05) is 188 Å². The highest BCUT2D eigenvalue weighted by Crippen LogP contribution is 2.31. The van der Waals surface area contributed by atoms with Crippen molar-refractivity contribution in [1.29, 1.82) is 0 Å². The van der Waals surface area contributed by atoms with Gasteiger partial charge in [-0.25, -0.2) is 0 Å². The van der Waals surface area contributed by atoms with E-state index >= 15 is 0 Å². The van der Waals surface area contributed by atoms with Crippen molar-refractivity contribution in [3.05, 3.63) is 0 Å². The van der Waals surface area contributed by atoms with Gasteiger partial charge >= 0.3 is 5.97 Å². The molecule has 1 heterocycles. The maximum atomic E-state index is 14.8. The minimum Gasteiger partial charge on any atom is -0.466 e. The monoisotopic (exact) mass is 788 g/mol. The molecular formula is C49H93N3O4. The van der Waals surface area contributed by atoms with Crippen molar-refractivity contribution < 1.29 is 19.1 Å². The first-order valence-corrected chi connectivity index (χ1v) is 24.9. The van der Waals surface area contributed by atoms with Crippen LogP contribution < -0.4 is 5.32 Å². The van der Waals surface area contributed by atoms with Crippen molar-refractivity contribution in [3.63, 3.8) is 0 Å². The van der Waals surface area contributed by atoms with Gasteiger partial charge in [-0.2, -0.15) is 0 Å². The van der Waals surface area contributed by atoms with Crippen LogP contribution in [-0.2, 0) is 19.1 Å². The second-order valence-corrected chi connectivity index (χ2v) is 17.9. The quantitative estimate of drug-likeness (QED) is 0.0399. The number of likely N-dealkylation sites (tertiary alicyclic amines) is 1. The number of nitrogens with one attached hydrogen (secondary N) is 1. The second kappa shape index (κ2) is 34.3. The second-order valence-electron chi connectivity index (χ2n) is 17.9. The summed E-state index contributed by atoms with van der Waals surface area (Å²) in [7, 11) is 0. The van der Waals surface area contributed by atoms with Crippen LogP contribution in [0.3, 0.4) is 0 Å². The van der Waals surface area contributed by atoms with Crippen LogP contribution in [0.25, 0.3) is 0 Å². The average Bonchev–Trinajstić information content (AvgIpc) is 3.48. The molecule has 0 bridgehead atoms. The molecule has 0 spiro atoms. The van der Waals surface area contributed by atoms with Gasteiger partial charge < -0.3 is 19.9 Å². The maximum absolute atomic E-state index is 14.8. The first-order valence-electron chi connectivity index (χ1n) is 24.9. The van der Waals surface area contributed by atoms with Crippen molar-refractivity contribution in [2.75, 3.05) is 26.2 Å². The topological polar surface area (TPSA) is 79.0 Å². The standard InChI is InChI=1S/C49H93N3O4/c1-5-9-12-15-17-18-19-21-26-31-42-56-47(54)37-36-46(53)52(45(34-29-22-14-11-7-3)35-30-23-20-16-13-10-6-2)48(43-38-40-51(8-4)41-39-43)49(55)50-44-32-27-24-25-28-33-44/h43-45,48H,5-42H2,1-4H3,(H,50,55). The first kappa shape index (κ1) is 50.5. The number of rotatable bonds is 34. The van der Waals surface area contributed by atoms with Gasteiger partial charge in [0.25, 0.3) is 0 Å². The van der Waals surface area contributed by atoms with E-state index in [0.29, 0.717) is 6.61 Å². The summed E-state index contributed by atoms with van der Waals surface area (Å²) in [6.07, 6.45) is 37.8. The van der Waals surface area contributed by atoms with E-state index in [1.165, 1.54) is 128 Å². The highest BCUT2D eigenvalue weighted by Gasteiger charge is 2.41. The Bertz CT molecular complexity index is 959. The number of amides is 2. The molecular weight excluding hydrogens is 695 g/mol. The lowest BCUT2D eigenvalue weighted by molar-refractivity contribution is -0.151. The van der Waals surface area contributed by atoms with Crippen LogP contribution in [0.1, 0.15) is 246 Å². The number of carbonyl (C=O) groups excluding carboxylic acids is 3. The Hall–Kier alpha value is -1.63. The first-order chi connectivity index (χ1) is 27.4. The zero-order valence-corrected chi connectivity index (χ0v) is 37.7. The highest BCUT2D eigenvalue weighted by atomic mass is 16.5. The molecule has 2 fully saturated rings. The molecule has 1 aliphatic carbocycles. The van der Waals surface area contributed by atoms with E-state index in [1.54, 1.807) is 0 Å². The molecule has 328 valence electrons. The Balaban J connectivity index is 2.20. The highest BCUT2D eigenvalue weighted by molar-refractivity contribution is 5.89. The number of hydrogen-bond donors (Lipinski definition) is 1. The number of piperidine rings is 1. The summed E-state index contributed by atoms with van der Waals surface area (Å²) in [6.45, 7) is 12.4. The normalized spacial score (nSPS) is 17.0. The lowest BCUT2D eigenvalue weighted by Gasteiger charge is -2.44. The Morgan fingerprint density at radius 3 is 1.54 bits per heavy atom. The van der Waals surface area contributed by atoms with Crippen LogP contribution >= 0.6 is 0 Å². The summed E-state index contributed by atoms with van der Waals surface area (Å²) in [6, 6.07) is -0.259. The van der Waals surface area contributed by atoms with E-state index in [-0.39, 0.29) is 48.6 Å². The Morgan fingerprint density at radius 2 is 1.05 bits per heavy atom. The van der Waals surface area contributed by atoms with Crippen LogP contribution in [0.2, 0.25) is 0 Å². The lowest BCUT2D eigenvalue weighted by atomic mass is 9.85. The molecule has 2 aliphatic rings. The maximum Gasteiger partial charge on any atom is 0.306 e. The molecule has 2 unspecified atom stereocenters. The molecule has 7 nitrogen and oxygen atoms in total. The smallest absolute Gasteiger partial charge is 0.306 e. The Kier molecular flexibility index (Phi) is 30.9. The van der Waals surface area contributed by atoms with Crippen LogP contribution in [0.5, 0.6) is 0 Å². The molecule has 1 aliphatic heterocycles. The lowest BCUT2D eigenvalue weighted by Crippen LogP contribution is -2.59. The largest absolute Gasteiger partial charge is 0.466 e. The van der Waals surface area contributed by atoms with Gasteiger partial charge in [-0.3, -0.25) is 14.4 Å². The Labute approximate surface area is 347 Å². The van der Waals surface area contributed by atoms with Gasteiger partial charge in [-0.05, 0) is 70.5 Å². The molecule has 2 amide bonds. The fraction of sp³-hybridized carbons (Fsp3) is 0.939. The van der Waals surface area contributed by atoms with Gasteiger partial charge in [0.1, 0.15) is 6.04 Å². The summed E-state index contributed by atoms with van der Waals surface area (Å²) in [5.74, 6) is -0.0822. The number of carbonyl (C=O) groups is 3. The van der Waals surface area contributed by atoms with Gasteiger partial charge in [-0.15, -0.1) is 0 Å². The van der Waals surface area contributed by atoms with Crippen molar-refractivity contribution >= 4 is 17.8 Å². The average molecular weight is 788 g/mol. The van der Waals surface area contributed by atoms with E-state index in [4.69, 9.17) is 4.74 Å². The summed E-state index contributed by atoms with van der Waals surface area (Å²) in [4.78, 5) is 47.2. The number of hydrogen-bond acceptors (Lipinski definition) is 5. The molecule has 7 heteroatoms. The van der Waals surface area contributed by atoms with Gasteiger partial charge in [0, 0.05) is 18.5 Å². The summed E-state index contributed by atoms with van der Waals surface area (Å²) < 4.78 is 5.69. The van der Waals surface area contributed by atoms with E-state index in [1.807, 2.05) is 0 Å². The molecule has 2 rings (SSSR count). The van der Waals surface area contributed by atoms with Crippen molar-refractivity contribution in [2.45, 2.75) is 264 Å². The van der Waals surface area contributed by atoms with Gasteiger partial charge in [0.05, 0.1) is 13.0 Å². The zero-order chi connectivity index (χ0) is 40.5. The third-order valence-electron chi connectivity index (χ3n) is 13.1. The molecule has 1 saturated heterocycles. The zero-order valence-electron chi connectivity index (χ0n) is 37.7. The van der Waals surface area contributed by atoms with Crippen molar-refractivity contribution in [3.8, 4) is 0 Å². The van der Waals surface area contributed by atoms with Crippen molar-refractivity contribution in [1.82, 2.24) is 15.1 Å². The number of nitrogens with zero attached hydrogens (tertiary/aromatic N) is 2. The molecule has 1 N–H and O–H groups in total. The van der Waals surface area contributed by atoms with Gasteiger partial charge in [0.15, 0.2) is 0 Å².